The highest BCUT2D eigenvalue weighted by Gasteiger charge is 2.41. The molecule has 1 atom stereocenters. The molecule has 5 nitrogen and oxygen atoms in total. The Morgan fingerprint density at radius 2 is 1.95 bits per heavy atom. The van der Waals surface area contributed by atoms with E-state index in [-0.39, 0.29) is 12.0 Å². The molecule has 1 unspecified atom stereocenters. The Hall–Kier alpha value is -1.30. The number of hydrogen-bond acceptors (Lipinski definition) is 5. The fourth-order valence-corrected chi connectivity index (χ4v) is 2.79. The summed E-state index contributed by atoms with van der Waals surface area (Å²) in [6.45, 7) is 2.73. The van der Waals surface area contributed by atoms with Crippen molar-refractivity contribution in [3.63, 3.8) is 0 Å². The predicted octanol–water partition coefficient (Wildman–Crippen LogP) is 1.24. The predicted molar refractivity (Wildman–Crippen MR) is 78.6 cm³/mol. The van der Waals surface area contributed by atoms with Crippen LogP contribution in [0.3, 0.4) is 0 Å². The zero-order valence-electron chi connectivity index (χ0n) is 12.2. The van der Waals surface area contributed by atoms with Crippen LogP contribution in [0, 0.1) is 5.41 Å². The summed E-state index contributed by atoms with van der Waals surface area (Å²) >= 11 is 0. The van der Waals surface area contributed by atoms with Crippen LogP contribution in [-0.2, 0) is 0 Å². The van der Waals surface area contributed by atoms with Gasteiger partial charge in [-0.1, -0.05) is 6.07 Å². The lowest BCUT2D eigenvalue weighted by atomic mass is 10.0. The Balaban J connectivity index is 1.52. The van der Waals surface area contributed by atoms with Gasteiger partial charge in [0, 0.05) is 19.7 Å². The second-order valence-electron chi connectivity index (χ2n) is 6.02. The molecule has 0 saturated heterocycles. The van der Waals surface area contributed by atoms with Gasteiger partial charge in [-0.3, -0.25) is 0 Å². The Labute approximate surface area is 124 Å². The highest BCUT2D eigenvalue weighted by atomic mass is 16.6. The van der Waals surface area contributed by atoms with Crippen molar-refractivity contribution in [3.05, 3.63) is 23.8 Å². The maximum atomic E-state index is 10.3. The standard InChI is InChI=1S/C16H23NO4/c18-6-5-16(3-4-16)11-17-10-13(19)12-1-2-14-15(9-12)21-8-7-20-14/h1-2,9,13,17-19H,3-8,10-11H2. The van der Waals surface area contributed by atoms with Crippen molar-refractivity contribution in [1.29, 1.82) is 0 Å². The molecule has 2 aliphatic rings. The van der Waals surface area contributed by atoms with E-state index in [0.717, 1.165) is 24.3 Å². The SMILES string of the molecule is OCCC1(CNCC(O)c2ccc3c(c2)OCCO3)CC1. The van der Waals surface area contributed by atoms with E-state index in [0.29, 0.717) is 25.5 Å². The Morgan fingerprint density at radius 1 is 1.19 bits per heavy atom. The van der Waals surface area contributed by atoms with E-state index < -0.39 is 6.10 Å². The number of nitrogens with one attached hydrogen (secondary N) is 1. The summed E-state index contributed by atoms with van der Waals surface area (Å²) in [6.07, 6.45) is 2.62. The fourth-order valence-electron chi connectivity index (χ4n) is 2.79. The maximum absolute atomic E-state index is 10.3. The summed E-state index contributed by atoms with van der Waals surface area (Å²) < 4.78 is 11.0. The van der Waals surface area contributed by atoms with Crippen molar-refractivity contribution >= 4 is 0 Å². The lowest BCUT2D eigenvalue weighted by Crippen LogP contribution is -2.29. The highest BCUT2D eigenvalue weighted by molar-refractivity contribution is 5.44. The van der Waals surface area contributed by atoms with Crippen LogP contribution in [-0.4, -0.2) is 43.1 Å². The number of benzene rings is 1. The number of fused-ring (bicyclic) bond motifs is 1. The highest BCUT2D eigenvalue weighted by Crippen LogP contribution is 2.47. The lowest BCUT2D eigenvalue weighted by molar-refractivity contribution is 0.161. The molecule has 1 saturated carbocycles. The molecule has 1 aromatic carbocycles. The van der Waals surface area contributed by atoms with Crippen molar-refractivity contribution in [2.75, 3.05) is 32.9 Å². The molecule has 1 heterocycles. The average molecular weight is 293 g/mol. The van der Waals surface area contributed by atoms with E-state index in [2.05, 4.69) is 5.32 Å². The lowest BCUT2D eigenvalue weighted by Gasteiger charge is -2.21. The molecule has 1 fully saturated rings. The second kappa shape index (κ2) is 6.22. The molecule has 3 N–H and O–H groups in total. The van der Waals surface area contributed by atoms with Crippen LogP contribution in [0.4, 0.5) is 0 Å². The molecular weight excluding hydrogens is 270 g/mol. The van der Waals surface area contributed by atoms with Crippen LogP contribution < -0.4 is 14.8 Å². The molecule has 0 aromatic heterocycles. The fraction of sp³-hybridized carbons (Fsp3) is 0.625. The van der Waals surface area contributed by atoms with Gasteiger partial charge in [0.15, 0.2) is 11.5 Å². The number of aliphatic hydroxyl groups is 2. The molecule has 0 spiro atoms. The summed E-state index contributed by atoms with van der Waals surface area (Å²) in [5.74, 6) is 1.45. The number of ether oxygens (including phenoxy) is 2. The van der Waals surface area contributed by atoms with Crippen molar-refractivity contribution < 1.29 is 19.7 Å². The number of aliphatic hydroxyl groups excluding tert-OH is 2. The average Bonchev–Trinajstić information content (AvgIpc) is 3.27. The van der Waals surface area contributed by atoms with Gasteiger partial charge in [-0.25, -0.2) is 0 Å². The number of hydrogen-bond donors (Lipinski definition) is 3. The quantitative estimate of drug-likeness (QED) is 0.705. The van der Waals surface area contributed by atoms with Gasteiger partial charge in [0.2, 0.25) is 0 Å². The first kappa shape index (κ1) is 14.6. The van der Waals surface area contributed by atoms with Crippen LogP contribution in [0.15, 0.2) is 18.2 Å². The zero-order chi connectivity index (χ0) is 14.7. The van der Waals surface area contributed by atoms with Gasteiger partial charge in [-0.2, -0.15) is 0 Å². The Morgan fingerprint density at radius 3 is 2.67 bits per heavy atom. The molecule has 0 amide bonds. The van der Waals surface area contributed by atoms with Gasteiger partial charge in [-0.15, -0.1) is 0 Å². The van der Waals surface area contributed by atoms with Crippen LogP contribution in [0.25, 0.3) is 0 Å². The number of rotatable bonds is 7. The minimum absolute atomic E-state index is 0.242. The monoisotopic (exact) mass is 293 g/mol. The summed E-state index contributed by atoms with van der Waals surface area (Å²) in [5.41, 5.74) is 1.10. The van der Waals surface area contributed by atoms with Crippen LogP contribution in [0.2, 0.25) is 0 Å². The third-order valence-electron chi connectivity index (χ3n) is 4.39. The van der Waals surface area contributed by atoms with Crippen LogP contribution in [0.5, 0.6) is 11.5 Å². The zero-order valence-corrected chi connectivity index (χ0v) is 12.2. The minimum Gasteiger partial charge on any atom is -0.486 e. The molecule has 3 rings (SSSR count). The molecule has 0 radical (unpaired) electrons. The van der Waals surface area contributed by atoms with Crippen LogP contribution >= 0.6 is 0 Å². The van der Waals surface area contributed by atoms with Gasteiger partial charge in [0.25, 0.3) is 0 Å². The molecule has 1 aromatic rings. The van der Waals surface area contributed by atoms with Gasteiger partial charge >= 0.3 is 0 Å². The van der Waals surface area contributed by atoms with Gasteiger partial charge in [0.05, 0.1) is 6.10 Å². The van der Waals surface area contributed by atoms with Gasteiger partial charge in [-0.05, 0) is 42.4 Å². The molecular formula is C16H23NO4. The molecule has 116 valence electrons. The topological polar surface area (TPSA) is 71.0 Å². The molecule has 5 heteroatoms. The summed E-state index contributed by atoms with van der Waals surface area (Å²) in [4.78, 5) is 0. The molecule has 0 bridgehead atoms. The van der Waals surface area contributed by atoms with Crippen LogP contribution in [0.1, 0.15) is 30.9 Å². The van der Waals surface area contributed by atoms with E-state index in [9.17, 15) is 5.11 Å². The summed E-state index contributed by atoms with van der Waals surface area (Å²) in [6, 6.07) is 5.57. The van der Waals surface area contributed by atoms with Gasteiger partial charge < -0.3 is 25.0 Å². The normalized spacial score (nSPS) is 20.1. The molecule has 1 aliphatic carbocycles. The smallest absolute Gasteiger partial charge is 0.161 e. The molecule has 1 aliphatic heterocycles. The Kier molecular flexibility index (Phi) is 4.33. The largest absolute Gasteiger partial charge is 0.486 e. The van der Waals surface area contributed by atoms with E-state index in [1.54, 1.807) is 0 Å². The summed E-state index contributed by atoms with van der Waals surface area (Å²) in [7, 11) is 0. The van der Waals surface area contributed by atoms with Crippen molar-refractivity contribution in [3.8, 4) is 11.5 Å². The van der Waals surface area contributed by atoms with Crippen molar-refractivity contribution in [2.24, 2.45) is 5.41 Å². The Bertz CT molecular complexity index is 487. The third-order valence-corrected chi connectivity index (χ3v) is 4.39. The van der Waals surface area contributed by atoms with E-state index in [1.165, 1.54) is 12.8 Å². The van der Waals surface area contributed by atoms with Gasteiger partial charge in [0.1, 0.15) is 13.2 Å². The maximum Gasteiger partial charge on any atom is 0.161 e. The van der Waals surface area contributed by atoms with E-state index >= 15 is 0 Å². The van der Waals surface area contributed by atoms with E-state index in [1.807, 2.05) is 18.2 Å². The summed E-state index contributed by atoms with van der Waals surface area (Å²) in [5, 5.41) is 22.6. The van der Waals surface area contributed by atoms with E-state index in [4.69, 9.17) is 14.6 Å². The first-order chi connectivity index (χ1) is 10.2. The van der Waals surface area contributed by atoms with Crippen molar-refractivity contribution in [2.45, 2.75) is 25.4 Å². The van der Waals surface area contributed by atoms with Crippen molar-refractivity contribution in [1.82, 2.24) is 5.32 Å². The third kappa shape index (κ3) is 3.48. The minimum atomic E-state index is -0.564. The first-order valence-corrected chi connectivity index (χ1v) is 7.62. The molecule has 21 heavy (non-hydrogen) atoms. The first-order valence-electron chi connectivity index (χ1n) is 7.62. The second-order valence-corrected chi connectivity index (χ2v) is 6.02.